The summed E-state index contributed by atoms with van der Waals surface area (Å²) in [6, 6.07) is 4.13. The molecule has 7 nitrogen and oxygen atoms in total. The van der Waals surface area contributed by atoms with E-state index in [0.29, 0.717) is 11.6 Å². The van der Waals surface area contributed by atoms with Crippen molar-refractivity contribution in [1.29, 1.82) is 0 Å². The molecule has 1 unspecified atom stereocenters. The lowest BCUT2D eigenvalue weighted by molar-refractivity contribution is 0.0618. The predicted octanol–water partition coefficient (Wildman–Crippen LogP) is 1.70. The second kappa shape index (κ2) is 5.89. The van der Waals surface area contributed by atoms with Crippen LogP contribution in [0.25, 0.3) is 15.1 Å². The van der Waals surface area contributed by atoms with Crippen molar-refractivity contribution < 1.29 is 4.79 Å². The molecular formula is C17H18N6OS. The van der Waals surface area contributed by atoms with Crippen molar-refractivity contribution in [3.63, 3.8) is 0 Å². The van der Waals surface area contributed by atoms with Crippen LogP contribution in [0, 0.1) is 5.92 Å². The molecule has 3 aromatic heterocycles. The van der Waals surface area contributed by atoms with Crippen LogP contribution in [-0.4, -0.2) is 56.2 Å². The third kappa shape index (κ3) is 2.71. The number of hydrogen-bond acceptors (Lipinski definition) is 6. The van der Waals surface area contributed by atoms with E-state index in [1.54, 1.807) is 28.5 Å². The van der Waals surface area contributed by atoms with Crippen LogP contribution in [0.1, 0.15) is 23.3 Å². The Morgan fingerprint density at radius 3 is 2.88 bits per heavy atom. The number of thiophene rings is 1. The van der Waals surface area contributed by atoms with E-state index < -0.39 is 0 Å². The van der Waals surface area contributed by atoms with Crippen LogP contribution in [0.4, 0.5) is 0 Å². The Morgan fingerprint density at radius 2 is 2.16 bits per heavy atom. The van der Waals surface area contributed by atoms with E-state index in [2.05, 4.69) is 25.3 Å². The van der Waals surface area contributed by atoms with E-state index in [-0.39, 0.29) is 11.9 Å². The van der Waals surface area contributed by atoms with E-state index in [0.717, 1.165) is 21.6 Å². The number of nitrogens with zero attached hydrogens (tertiary/aromatic N) is 5. The van der Waals surface area contributed by atoms with E-state index in [4.69, 9.17) is 0 Å². The molecule has 6 rings (SSSR count). The number of pyridine rings is 1. The van der Waals surface area contributed by atoms with E-state index in [1.165, 1.54) is 32.3 Å². The normalized spacial score (nSPS) is 25.4. The summed E-state index contributed by atoms with van der Waals surface area (Å²) in [5.41, 5.74) is 0.482. The van der Waals surface area contributed by atoms with Gasteiger partial charge in [0.1, 0.15) is 23.3 Å². The molecule has 128 valence electrons. The number of carbonyl (C=O) groups is 1. The number of piperidine rings is 3. The molecule has 0 saturated carbocycles. The Morgan fingerprint density at radius 1 is 1.28 bits per heavy atom. The van der Waals surface area contributed by atoms with Crippen LogP contribution >= 0.6 is 11.3 Å². The second-order valence-electron chi connectivity index (χ2n) is 6.75. The predicted molar refractivity (Wildman–Crippen MR) is 95.0 cm³/mol. The number of carbonyl (C=O) groups excluding carboxylic acids is 1. The van der Waals surface area contributed by atoms with Crippen molar-refractivity contribution >= 4 is 27.3 Å². The molecule has 3 aliphatic heterocycles. The van der Waals surface area contributed by atoms with Crippen molar-refractivity contribution in [3.8, 4) is 5.00 Å². The Hall–Kier alpha value is -2.32. The zero-order valence-corrected chi connectivity index (χ0v) is 14.4. The molecule has 8 heteroatoms. The monoisotopic (exact) mass is 354 g/mol. The largest absolute Gasteiger partial charge is 0.346 e. The van der Waals surface area contributed by atoms with Gasteiger partial charge in [0.05, 0.1) is 0 Å². The minimum atomic E-state index is -0.0728. The smallest absolute Gasteiger partial charge is 0.270 e. The summed E-state index contributed by atoms with van der Waals surface area (Å²) in [4.78, 5) is 23.4. The highest BCUT2D eigenvalue weighted by Gasteiger charge is 2.35. The van der Waals surface area contributed by atoms with Crippen LogP contribution in [0.2, 0.25) is 0 Å². The van der Waals surface area contributed by atoms with Crippen molar-refractivity contribution in [2.24, 2.45) is 5.92 Å². The van der Waals surface area contributed by atoms with Crippen molar-refractivity contribution in [3.05, 3.63) is 36.7 Å². The SMILES string of the molecule is O=C(NC1CN2CCC1CC2)c1cc2sc(-n3cncn3)cc2cn1. The summed E-state index contributed by atoms with van der Waals surface area (Å²) in [7, 11) is 0. The highest BCUT2D eigenvalue weighted by Crippen LogP contribution is 2.29. The standard InChI is InChI=1S/C17H18N6OS/c24-17(21-14-8-22-3-1-11(14)2-4-22)13-6-15-12(7-19-13)5-16(25-15)23-10-18-9-20-23/h5-7,9-11,14H,1-4,8H2,(H,21,24). The Balaban J connectivity index is 1.38. The van der Waals surface area contributed by atoms with Gasteiger partial charge in [-0.05, 0) is 44.0 Å². The Labute approximate surface area is 148 Å². The van der Waals surface area contributed by atoms with Crippen LogP contribution in [-0.2, 0) is 0 Å². The maximum absolute atomic E-state index is 12.7. The number of fused-ring (bicyclic) bond motifs is 4. The first-order valence-electron chi connectivity index (χ1n) is 8.54. The van der Waals surface area contributed by atoms with Gasteiger partial charge in [-0.3, -0.25) is 9.78 Å². The van der Waals surface area contributed by atoms with E-state index in [1.807, 2.05) is 12.1 Å². The van der Waals surface area contributed by atoms with Gasteiger partial charge in [-0.15, -0.1) is 11.3 Å². The molecule has 25 heavy (non-hydrogen) atoms. The second-order valence-corrected chi connectivity index (χ2v) is 7.81. The third-order valence-electron chi connectivity index (χ3n) is 5.24. The van der Waals surface area contributed by atoms with Crippen LogP contribution in [0.3, 0.4) is 0 Å². The zero-order valence-electron chi connectivity index (χ0n) is 13.6. The summed E-state index contributed by atoms with van der Waals surface area (Å²) in [6.07, 6.45) is 7.31. The first kappa shape index (κ1) is 15.0. The quantitative estimate of drug-likeness (QED) is 0.775. The average Bonchev–Trinajstić information content (AvgIpc) is 3.31. The molecule has 1 atom stereocenters. The molecule has 0 aliphatic carbocycles. The van der Waals surface area contributed by atoms with E-state index >= 15 is 0 Å². The van der Waals surface area contributed by atoms with Crippen molar-refractivity contribution in [2.45, 2.75) is 18.9 Å². The van der Waals surface area contributed by atoms with E-state index in [9.17, 15) is 4.79 Å². The van der Waals surface area contributed by atoms with Gasteiger partial charge in [0.15, 0.2) is 0 Å². The summed E-state index contributed by atoms with van der Waals surface area (Å²) in [5, 5.41) is 9.32. The molecule has 3 aromatic rings. The zero-order chi connectivity index (χ0) is 16.8. The van der Waals surface area contributed by atoms with Gasteiger partial charge in [-0.1, -0.05) is 0 Å². The fourth-order valence-corrected chi connectivity index (χ4v) is 4.85. The highest BCUT2D eigenvalue weighted by atomic mass is 32.1. The average molecular weight is 354 g/mol. The first-order chi connectivity index (χ1) is 12.3. The molecule has 3 saturated heterocycles. The Kier molecular flexibility index (Phi) is 3.53. The topological polar surface area (TPSA) is 75.9 Å². The third-order valence-corrected chi connectivity index (χ3v) is 6.33. The molecule has 0 spiro atoms. The maximum atomic E-state index is 12.7. The molecule has 1 N–H and O–H groups in total. The fourth-order valence-electron chi connectivity index (χ4n) is 3.85. The molecule has 0 radical (unpaired) electrons. The van der Waals surface area contributed by atoms with Gasteiger partial charge in [0.2, 0.25) is 0 Å². The molecule has 2 bridgehead atoms. The van der Waals surface area contributed by atoms with Gasteiger partial charge < -0.3 is 10.2 Å². The molecular weight excluding hydrogens is 336 g/mol. The molecule has 1 amide bonds. The molecule has 0 aromatic carbocycles. The molecule has 3 fully saturated rings. The van der Waals surface area contributed by atoms with Crippen molar-refractivity contribution in [2.75, 3.05) is 19.6 Å². The van der Waals surface area contributed by atoms with Gasteiger partial charge in [0.25, 0.3) is 5.91 Å². The number of aromatic nitrogens is 4. The summed E-state index contributed by atoms with van der Waals surface area (Å²) < 4.78 is 2.75. The minimum Gasteiger partial charge on any atom is -0.346 e. The van der Waals surface area contributed by atoms with Gasteiger partial charge in [-0.2, -0.15) is 5.10 Å². The molecule has 3 aliphatic rings. The first-order valence-corrected chi connectivity index (χ1v) is 9.36. The lowest BCUT2D eigenvalue weighted by Crippen LogP contribution is -2.57. The lowest BCUT2D eigenvalue weighted by atomic mass is 9.84. The maximum Gasteiger partial charge on any atom is 0.270 e. The number of hydrogen-bond donors (Lipinski definition) is 1. The summed E-state index contributed by atoms with van der Waals surface area (Å²) in [5.74, 6) is 0.537. The number of amides is 1. The van der Waals surface area contributed by atoms with Crippen molar-refractivity contribution in [1.82, 2.24) is 30.0 Å². The number of nitrogens with one attached hydrogen (secondary N) is 1. The number of rotatable bonds is 3. The van der Waals surface area contributed by atoms with Crippen LogP contribution in [0.5, 0.6) is 0 Å². The Bertz CT molecular complexity index is 913. The fraction of sp³-hybridized carbons (Fsp3) is 0.412. The van der Waals surface area contributed by atoms with Crippen LogP contribution < -0.4 is 5.32 Å². The van der Waals surface area contributed by atoms with Gasteiger partial charge in [-0.25, -0.2) is 9.67 Å². The highest BCUT2D eigenvalue weighted by molar-refractivity contribution is 7.21. The summed E-state index contributed by atoms with van der Waals surface area (Å²) in [6.45, 7) is 3.30. The molecule has 6 heterocycles. The van der Waals surface area contributed by atoms with Gasteiger partial charge >= 0.3 is 0 Å². The van der Waals surface area contributed by atoms with Gasteiger partial charge in [0, 0.05) is 28.9 Å². The lowest BCUT2D eigenvalue weighted by Gasteiger charge is -2.44. The summed E-state index contributed by atoms with van der Waals surface area (Å²) >= 11 is 1.58. The van der Waals surface area contributed by atoms with Crippen LogP contribution in [0.15, 0.2) is 31.0 Å². The minimum absolute atomic E-state index is 0.0728.